The van der Waals surface area contributed by atoms with Crippen molar-refractivity contribution >= 4 is 17.3 Å². The normalized spacial score (nSPS) is 21.3. The van der Waals surface area contributed by atoms with E-state index in [1.165, 1.54) is 18.2 Å². The Labute approximate surface area is 121 Å². The lowest BCUT2D eigenvalue weighted by atomic mass is 9.84. The molecule has 2 unspecified atom stereocenters. The highest BCUT2D eigenvalue weighted by Crippen LogP contribution is 2.32. The van der Waals surface area contributed by atoms with Gasteiger partial charge in [0.05, 0.1) is 22.5 Å². The van der Waals surface area contributed by atoms with Gasteiger partial charge in [0.25, 0.3) is 5.69 Å². The Bertz CT molecular complexity index is 609. The standard InChI is InChI=1S/C14H15N3O4/c15-8-9-5-6-13(17(20)21)12(7-9)16-11-4-2-1-3-10(11)14(18)19/h5-7,10-11,16H,1-4H2,(H,18,19). The van der Waals surface area contributed by atoms with Crippen LogP contribution in [0.4, 0.5) is 11.4 Å². The van der Waals surface area contributed by atoms with Crippen molar-refractivity contribution in [2.75, 3.05) is 5.32 Å². The van der Waals surface area contributed by atoms with Gasteiger partial charge >= 0.3 is 5.97 Å². The highest BCUT2D eigenvalue weighted by atomic mass is 16.6. The maximum Gasteiger partial charge on any atom is 0.308 e. The molecular formula is C14H15N3O4. The Morgan fingerprint density at radius 1 is 1.43 bits per heavy atom. The quantitative estimate of drug-likeness (QED) is 0.649. The molecule has 0 aliphatic heterocycles. The van der Waals surface area contributed by atoms with Crippen LogP contribution in [0.15, 0.2) is 18.2 Å². The Morgan fingerprint density at radius 2 is 2.14 bits per heavy atom. The molecule has 7 nitrogen and oxygen atoms in total. The molecule has 0 amide bonds. The number of anilines is 1. The minimum absolute atomic E-state index is 0.149. The molecule has 1 aliphatic carbocycles. The van der Waals surface area contributed by atoms with Crippen molar-refractivity contribution in [2.45, 2.75) is 31.7 Å². The second-order valence-electron chi connectivity index (χ2n) is 5.08. The van der Waals surface area contributed by atoms with E-state index in [0.717, 1.165) is 12.8 Å². The molecular weight excluding hydrogens is 274 g/mol. The van der Waals surface area contributed by atoms with Gasteiger partial charge in [0, 0.05) is 12.1 Å². The van der Waals surface area contributed by atoms with E-state index in [1.54, 1.807) is 0 Å². The molecule has 1 aliphatic rings. The van der Waals surface area contributed by atoms with Gasteiger partial charge in [-0.25, -0.2) is 0 Å². The molecule has 1 fully saturated rings. The van der Waals surface area contributed by atoms with Crippen LogP contribution in [0.1, 0.15) is 31.2 Å². The fourth-order valence-electron chi connectivity index (χ4n) is 2.68. The smallest absolute Gasteiger partial charge is 0.308 e. The summed E-state index contributed by atoms with van der Waals surface area (Å²) in [5, 5.41) is 32.1. The summed E-state index contributed by atoms with van der Waals surface area (Å²) in [5.41, 5.74) is 0.353. The minimum Gasteiger partial charge on any atom is -0.481 e. The third-order valence-electron chi connectivity index (χ3n) is 3.75. The number of nitrogens with zero attached hydrogens (tertiary/aromatic N) is 2. The molecule has 2 rings (SSSR count). The van der Waals surface area contributed by atoms with Crippen LogP contribution < -0.4 is 5.32 Å². The molecule has 1 aromatic rings. The molecule has 0 aromatic heterocycles. The molecule has 7 heteroatoms. The Morgan fingerprint density at radius 3 is 2.76 bits per heavy atom. The van der Waals surface area contributed by atoms with Gasteiger partial charge in [-0.15, -0.1) is 0 Å². The lowest BCUT2D eigenvalue weighted by Gasteiger charge is -2.29. The number of rotatable bonds is 4. The largest absolute Gasteiger partial charge is 0.481 e. The summed E-state index contributed by atoms with van der Waals surface area (Å²) >= 11 is 0. The van der Waals surface area contributed by atoms with Crippen LogP contribution in [0.5, 0.6) is 0 Å². The van der Waals surface area contributed by atoms with Gasteiger partial charge in [0.2, 0.25) is 0 Å². The molecule has 1 saturated carbocycles. The van der Waals surface area contributed by atoms with Crippen LogP contribution in [-0.2, 0) is 4.79 Å². The third-order valence-corrected chi connectivity index (χ3v) is 3.75. The van der Waals surface area contributed by atoms with Crippen molar-refractivity contribution in [3.05, 3.63) is 33.9 Å². The molecule has 21 heavy (non-hydrogen) atoms. The van der Waals surface area contributed by atoms with E-state index in [9.17, 15) is 20.0 Å². The fourth-order valence-corrected chi connectivity index (χ4v) is 2.68. The third kappa shape index (κ3) is 3.28. The number of carboxylic acids is 1. The fraction of sp³-hybridized carbons (Fsp3) is 0.429. The van der Waals surface area contributed by atoms with Gasteiger partial charge < -0.3 is 10.4 Å². The average molecular weight is 289 g/mol. The lowest BCUT2D eigenvalue weighted by Crippen LogP contribution is -2.37. The summed E-state index contributed by atoms with van der Waals surface area (Å²) < 4.78 is 0. The zero-order valence-corrected chi connectivity index (χ0v) is 11.3. The first kappa shape index (κ1) is 14.8. The number of nitriles is 1. The average Bonchev–Trinajstić information content (AvgIpc) is 2.47. The van der Waals surface area contributed by atoms with Gasteiger partial charge in [-0.05, 0) is 25.0 Å². The molecule has 0 saturated heterocycles. The Hall–Kier alpha value is -2.62. The summed E-state index contributed by atoms with van der Waals surface area (Å²) in [6.45, 7) is 0. The highest BCUT2D eigenvalue weighted by Gasteiger charge is 2.32. The molecule has 0 spiro atoms. The van der Waals surface area contributed by atoms with E-state index in [-0.39, 0.29) is 17.4 Å². The monoisotopic (exact) mass is 289 g/mol. The lowest BCUT2D eigenvalue weighted by molar-refractivity contribution is -0.384. The minimum atomic E-state index is -0.897. The molecule has 1 aromatic carbocycles. The highest BCUT2D eigenvalue weighted by molar-refractivity contribution is 5.73. The number of aliphatic carboxylic acids is 1. The first-order valence-corrected chi connectivity index (χ1v) is 6.71. The van der Waals surface area contributed by atoms with E-state index >= 15 is 0 Å². The van der Waals surface area contributed by atoms with Gasteiger partial charge in [-0.2, -0.15) is 5.26 Å². The van der Waals surface area contributed by atoms with E-state index in [2.05, 4.69) is 5.32 Å². The van der Waals surface area contributed by atoms with Crippen molar-refractivity contribution in [1.82, 2.24) is 0 Å². The predicted molar refractivity (Wildman–Crippen MR) is 74.8 cm³/mol. The van der Waals surface area contributed by atoms with E-state index < -0.39 is 16.8 Å². The second-order valence-corrected chi connectivity index (χ2v) is 5.08. The van der Waals surface area contributed by atoms with Crippen molar-refractivity contribution in [1.29, 1.82) is 5.26 Å². The number of carboxylic acid groups (broad SMARTS) is 1. The SMILES string of the molecule is N#Cc1ccc([N+](=O)[O-])c(NC2CCCCC2C(=O)O)c1. The summed E-state index contributed by atoms with van der Waals surface area (Å²) in [6.07, 6.45) is 2.92. The molecule has 0 bridgehead atoms. The maximum atomic E-state index is 11.3. The van der Waals surface area contributed by atoms with Gasteiger partial charge in [0.1, 0.15) is 5.69 Å². The van der Waals surface area contributed by atoms with Crippen molar-refractivity contribution < 1.29 is 14.8 Å². The number of nitro benzene ring substituents is 1. The van der Waals surface area contributed by atoms with E-state index in [4.69, 9.17) is 5.26 Å². The van der Waals surface area contributed by atoms with E-state index in [0.29, 0.717) is 18.4 Å². The number of carbonyl (C=O) groups is 1. The molecule has 0 heterocycles. The number of hydrogen-bond acceptors (Lipinski definition) is 5. The van der Waals surface area contributed by atoms with Crippen LogP contribution in [0, 0.1) is 27.4 Å². The van der Waals surface area contributed by atoms with Crippen LogP contribution in [0.3, 0.4) is 0 Å². The van der Waals surface area contributed by atoms with Gasteiger partial charge in [-0.3, -0.25) is 14.9 Å². The Kier molecular flexibility index (Phi) is 4.38. The van der Waals surface area contributed by atoms with Crippen molar-refractivity contribution in [3.63, 3.8) is 0 Å². The predicted octanol–water partition coefficient (Wildman–Crippen LogP) is 2.52. The van der Waals surface area contributed by atoms with Crippen molar-refractivity contribution in [2.24, 2.45) is 5.92 Å². The number of nitrogens with one attached hydrogen (secondary N) is 1. The summed E-state index contributed by atoms with van der Waals surface area (Å²) in [6, 6.07) is 5.60. The zero-order chi connectivity index (χ0) is 15.4. The number of nitro groups is 1. The van der Waals surface area contributed by atoms with Gasteiger partial charge in [0.15, 0.2) is 0 Å². The van der Waals surface area contributed by atoms with E-state index in [1.807, 2.05) is 6.07 Å². The molecule has 2 atom stereocenters. The first-order valence-electron chi connectivity index (χ1n) is 6.71. The second kappa shape index (κ2) is 6.22. The van der Waals surface area contributed by atoms with Crippen LogP contribution in [-0.4, -0.2) is 22.0 Å². The van der Waals surface area contributed by atoms with Crippen LogP contribution in [0.2, 0.25) is 0 Å². The summed E-state index contributed by atoms with van der Waals surface area (Å²) in [7, 11) is 0. The Balaban J connectivity index is 2.30. The topological polar surface area (TPSA) is 116 Å². The van der Waals surface area contributed by atoms with Gasteiger partial charge in [-0.1, -0.05) is 12.8 Å². The number of benzene rings is 1. The van der Waals surface area contributed by atoms with Crippen LogP contribution in [0.25, 0.3) is 0 Å². The summed E-state index contributed by atoms with van der Waals surface area (Å²) in [5.74, 6) is -1.46. The maximum absolute atomic E-state index is 11.3. The number of hydrogen-bond donors (Lipinski definition) is 2. The van der Waals surface area contributed by atoms with Crippen molar-refractivity contribution in [3.8, 4) is 6.07 Å². The molecule has 2 N–H and O–H groups in total. The summed E-state index contributed by atoms with van der Waals surface area (Å²) in [4.78, 5) is 21.8. The van der Waals surface area contributed by atoms with Crippen LogP contribution >= 0.6 is 0 Å². The molecule has 0 radical (unpaired) electrons. The zero-order valence-electron chi connectivity index (χ0n) is 11.3. The molecule has 110 valence electrons. The first-order chi connectivity index (χ1) is 10.0.